The van der Waals surface area contributed by atoms with Crippen molar-refractivity contribution in [3.63, 3.8) is 0 Å². The number of ether oxygens (including phenoxy) is 2. The van der Waals surface area contributed by atoms with Crippen LogP contribution in [0.5, 0.6) is 5.75 Å². The molecular formula is C31H41NO7. The molecular weight excluding hydrogens is 498 g/mol. The Hall–Kier alpha value is -2.97. The molecule has 8 nitrogen and oxygen atoms in total. The molecule has 1 aromatic carbocycles. The van der Waals surface area contributed by atoms with E-state index in [0.717, 1.165) is 42.4 Å². The number of fused-ring (bicyclic) bond motifs is 3. The van der Waals surface area contributed by atoms with E-state index in [9.17, 15) is 19.5 Å². The van der Waals surface area contributed by atoms with Gasteiger partial charge in [0.25, 0.3) is 0 Å². The van der Waals surface area contributed by atoms with Gasteiger partial charge in [0.1, 0.15) is 5.75 Å². The molecule has 0 unspecified atom stereocenters. The number of aliphatic carboxylic acids is 1. The van der Waals surface area contributed by atoms with E-state index in [0.29, 0.717) is 45.4 Å². The number of para-hydroxylation sites is 1. The summed E-state index contributed by atoms with van der Waals surface area (Å²) in [7, 11) is 1.65. The van der Waals surface area contributed by atoms with Crippen molar-refractivity contribution in [2.75, 3.05) is 26.9 Å². The van der Waals surface area contributed by atoms with Crippen molar-refractivity contribution in [2.24, 2.45) is 17.8 Å². The largest absolute Gasteiger partial charge is 0.507 e. The third kappa shape index (κ3) is 6.61. The highest BCUT2D eigenvalue weighted by Gasteiger charge is 2.56. The number of benzene rings is 1. The van der Waals surface area contributed by atoms with Crippen LogP contribution < -0.4 is 0 Å². The number of nitrogens with zero attached hydrogens (tertiary/aromatic N) is 1. The number of amides is 2. The van der Waals surface area contributed by atoms with Crippen molar-refractivity contribution < 1.29 is 34.1 Å². The molecule has 2 aliphatic heterocycles. The maximum Gasteiger partial charge on any atom is 0.303 e. The Labute approximate surface area is 230 Å². The first kappa shape index (κ1) is 29.0. The molecule has 2 amide bonds. The first-order valence-corrected chi connectivity index (χ1v) is 14.2. The van der Waals surface area contributed by atoms with Crippen molar-refractivity contribution >= 4 is 23.9 Å². The molecule has 3 aliphatic rings. The van der Waals surface area contributed by atoms with Gasteiger partial charge in [0, 0.05) is 31.6 Å². The van der Waals surface area contributed by atoms with Crippen molar-refractivity contribution in [3.05, 3.63) is 46.5 Å². The van der Waals surface area contributed by atoms with E-state index in [1.807, 2.05) is 18.2 Å². The lowest BCUT2D eigenvalue weighted by atomic mass is 9.69. The van der Waals surface area contributed by atoms with Crippen LogP contribution in [0.2, 0.25) is 0 Å². The van der Waals surface area contributed by atoms with Crippen LogP contribution in [0, 0.1) is 17.8 Å². The fourth-order valence-corrected chi connectivity index (χ4v) is 6.52. The normalized spacial score (nSPS) is 24.9. The van der Waals surface area contributed by atoms with Crippen LogP contribution in [0.25, 0.3) is 6.08 Å². The fraction of sp³-hybridized carbons (Fsp3) is 0.581. The lowest BCUT2D eigenvalue weighted by Gasteiger charge is -2.31. The highest BCUT2D eigenvalue weighted by atomic mass is 16.5. The second-order valence-electron chi connectivity index (χ2n) is 10.9. The minimum Gasteiger partial charge on any atom is -0.507 e. The predicted octanol–water partition coefficient (Wildman–Crippen LogP) is 4.96. The number of likely N-dealkylation sites (tertiary alicyclic amines) is 1. The van der Waals surface area contributed by atoms with E-state index in [2.05, 4.69) is 13.0 Å². The number of carbonyl (C=O) groups excluding carboxylic acids is 2. The van der Waals surface area contributed by atoms with Gasteiger partial charge < -0.3 is 19.7 Å². The number of unbranched alkanes of at least 4 members (excludes halogenated alkanes) is 2. The molecule has 8 heteroatoms. The molecule has 4 atom stereocenters. The lowest BCUT2D eigenvalue weighted by Crippen LogP contribution is -2.35. The summed E-state index contributed by atoms with van der Waals surface area (Å²) in [4.78, 5) is 39.0. The van der Waals surface area contributed by atoms with Crippen molar-refractivity contribution in [2.45, 2.75) is 70.8 Å². The zero-order chi connectivity index (χ0) is 27.9. The Morgan fingerprint density at radius 3 is 2.62 bits per heavy atom. The Morgan fingerprint density at radius 2 is 1.90 bits per heavy atom. The summed E-state index contributed by atoms with van der Waals surface area (Å²) in [6.45, 7) is 3.32. The number of carboxylic acids is 1. The summed E-state index contributed by atoms with van der Waals surface area (Å²) in [5.74, 6) is -1.69. The molecule has 0 spiro atoms. The van der Waals surface area contributed by atoms with E-state index in [1.165, 1.54) is 10.5 Å². The van der Waals surface area contributed by atoms with E-state index in [1.54, 1.807) is 13.2 Å². The smallest absolute Gasteiger partial charge is 0.303 e. The van der Waals surface area contributed by atoms with Gasteiger partial charge in [0.15, 0.2) is 0 Å². The lowest BCUT2D eigenvalue weighted by molar-refractivity contribution is -0.141. The maximum atomic E-state index is 13.5. The van der Waals surface area contributed by atoms with E-state index in [-0.39, 0.29) is 41.9 Å². The van der Waals surface area contributed by atoms with Crippen molar-refractivity contribution in [1.82, 2.24) is 4.90 Å². The fourth-order valence-electron chi connectivity index (χ4n) is 6.52. The number of hydrogen-bond donors (Lipinski definition) is 2. The zero-order valence-corrected chi connectivity index (χ0v) is 23.1. The minimum absolute atomic E-state index is 0.100. The second-order valence-corrected chi connectivity index (χ2v) is 10.9. The highest BCUT2D eigenvalue weighted by Crippen LogP contribution is 2.50. The van der Waals surface area contributed by atoms with Gasteiger partial charge in [-0.1, -0.05) is 49.6 Å². The molecule has 2 saturated heterocycles. The van der Waals surface area contributed by atoms with Gasteiger partial charge in [-0.05, 0) is 55.7 Å². The molecule has 39 heavy (non-hydrogen) atoms. The number of phenols is 1. The molecule has 212 valence electrons. The molecule has 0 radical (unpaired) electrons. The number of carboxylic acid groups (broad SMARTS) is 1. The van der Waals surface area contributed by atoms with Gasteiger partial charge >= 0.3 is 5.97 Å². The number of imide groups is 1. The number of methoxy groups -OCH3 is 1. The van der Waals surface area contributed by atoms with E-state index < -0.39 is 11.9 Å². The third-order valence-corrected chi connectivity index (χ3v) is 8.29. The number of carbonyl (C=O) groups is 3. The number of phenolic OH excluding ortho intramolecular Hbond substituents is 1. The van der Waals surface area contributed by atoms with Gasteiger partial charge in [-0.15, -0.1) is 0 Å². The summed E-state index contributed by atoms with van der Waals surface area (Å²) < 4.78 is 11.8. The van der Waals surface area contributed by atoms with Crippen molar-refractivity contribution in [1.29, 1.82) is 0 Å². The van der Waals surface area contributed by atoms with E-state index in [4.69, 9.17) is 14.6 Å². The van der Waals surface area contributed by atoms with Crippen LogP contribution in [0.3, 0.4) is 0 Å². The molecule has 0 aromatic heterocycles. The van der Waals surface area contributed by atoms with Crippen LogP contribution >= 0.6 is 0 Å². The van der Waals surface area contributed by atoms with Crippen LogP contribution in [0.1, 0.15) is 70.3 Å². The highest BCUT2D eigenvalue weighted by molar-refractivity contribution is 6.06. The minimum atomic E-state index is -0.829. The van der Waals surface area contributed by atoms with Crippen LogP contribution in [0.15, 0.2) is 41.0 Å². The zero-order valence-electron chi connectivity index (χ0n) is 23.1. The molecule has 4 rings (SSSR count). The van der Waals surface area contributed by atoms with Gasteiger partial charge in [-0.3, -0.25) is 19.3 Å². The van der Waals surface area contributed by atoms with Crippen LogP contribution in [-0.2, 0) is 23.9 Å². The van der Waals surface area contributed by atoms with Crippen molar-refractivity contribution in [3.8, 4) is 5.75 Å². The number of rotatable bonds is 14. The van der Waals surface area contributed by atoms with Crippen LogP contribution in [0.4, 0.5) is 0 Å². The van der Waals surface area contributed by atoms with E-state index >= 15 is 0 Å². The topological polar surface area (TPSA) is 113 Å². The molecule has 1 aromatic rings. The first-order valence-electron chi connectivity index (χ1n) is 14.2. The summed E-state index contributed by atoms with van der Waals surface area (Å²) >= 11 is 0. The standard InChI is InChI=1S/C31H41NO7/c1-3-9-20(16-21-10-6-7-11-25(21)33)13-14-26-28-22(18-38-2)17-23-29(24(28)19-39-26)31(37)32(30(23)36)15-8-4-5-12-27(34)35/h6-7,10-11,16,23-24,26,29,33H,3-5,8-9,12-15,17-19H2,1-2H3,(H,34,35)/b20-16+/t23-,24+,26-,29-/m1/s1. The summed E-state index contributed by atoms with van der Waals surface area (Å²) in [5, 5.41) is 19.1. The summed E-state index contributed by atoms with van der Waals surface area (Å²) in [5.41, 5.74) is 4.28. The Morgan fingerprint density at radius 1 is 1.10 bits per heavy atom. The molecule has 0 saturated carbocycles. The van der Waals surface area contributed by atoms with Crippen LogP contribution in [-0.4, -0.2) is 65.9 Å². The number of hydrogen-bond acceptors (Lipinski definition) is 6. The quantitative estimate of drug-likeness (QED) is 0.195. The van der Waals surface area contributed by atoms with Gasteiger partial charge in [-0.25, -0.2) is 0 Å². The second kappa shape index (κ2) is 13.4. The predicted molar refractivity (Wildman–Crippen MR) is 147 cm³/mol. The Kier molecular flexibility index (Phi) is 9.97. The first-order chi connectivity index (χ1) is 18.8. The third-order valence-electron chi connectivity index (χ3n) is 8.29. The van der Waals surface area contributed by atoms with Gasteiger partial charge in [0.05, 0.1) is 31.2 Å². The Balaban J connectivity index is 1.47. The molecule has 0 bridgehead atoms. The Bertz CT molecular complexity index is 1120. The molecule has 2 N–H and O–H groups in total. The monoisotopic (exact) mass is 539 g/mol. The SMILES string of the molecule is CCC/C(=C\c1ccccc1O)CC[C@H]1OC[C@H]2C1=C(COC)C[C@H]1C(=O)N(CCCCCC(=O)O)C(=O)[C@H]12. The summed E-state index contributed by atoms with van der Waals surface area (Å²) in [6, 6.07) is 7.33. The molecule has 2 fully saturated rings. The molecule has 1 aliphatic carbocycles. The average Bonchev–Trinajstić information content (AvgIpc) is 3.43. The number of allylic oxidation sites excluding steroid dienone is 1. The molecule has 2 heterocycles. The summed E-state index contributed by atoms with van der Waals surface area (Å²) in [6.07, 6.45) is 7.88. The van der Waals surface area contributed by atoms with Gasteiger partial charge in [0.2, 0.25) is 11.8 Å². The maximum absolute atomic E-state index is 13.5. The van der Waals surface area contributed by atoms with Gasteiger partial charge in [-0.2, -0.15) is 0 Å². The average molecular weight is 540 g/mol. The number of aromatic hydroxyl groups is 1.